The van der Waals surface area contributed by atoms with Crippen LogP contribution in [-0.4, -0.2) is 96.9 Å². The molecule has 0 spiro atoms. The number of likely N-dealkylation sites (tertiary alicyclic amines) is 1. The van der Waals surface area contributed by atoms with Crippen molar-refractivity contribution >= 4 is 11.8 Å². The molecule has 0 N–H and O–H groups in total. The topological polar surface area (TPSA) is 47.1 Å². The van der Waals surface area contributed by atoms with E-state index in [1.807, 2.05) is 4.90 Å². The number of carbonyl (C=O) groups excluding carboxylic acids is 2. The molecule has 2 heterocycles. The average Bonchev–Trinajstić information content (AvgIpc) is 2.60. The normalized spacial score (nSPS) is 20.9. The minimum absolute atomic E-state index is 0.0149. The van der Waals surface area contributed by atoms with Gasteiger partial charge in [-0.2, -0.15) is 0 Å². The first-order chi connectivity index (χ1) is 11.9. The van der Waals surface area contributed by atoms with E-state index >= 15 is 0 Å². The van der Waals surface area contributed by atoms with E-state index < -0.39 is 0 Å². The van der Waals surface area contributed by atoms with E-state index in [1.54, 1.807) is 11.9 Å². The van der Waals surface area contributed by atoms with Crippen LogP contribution in [0.4, 0.5) is 0 Å². The number of piperidine rings is 1. The lowest BCUT2D eigenvalue weighted by molar-refractivity contribution is -0.134. The van der Waals surface area contributed by atoms with E-state index in [2.05, 4.69) is 23.6 Å². The van der Waals surface area contributed by atoms with Gasteiger partial charge < -0.3 is 14.7 Å². The van der Waals surface area contributed by atoms with E-state index in [-0.39, 0.29) is 11.8 Å². The van der Waals surface area contributed by atoms with Crippen molar-refractivity contribution in [1.29, 1.82) is 0 Å². The molecular weight excluding hydrogens is 316 g/mol. The van der Waals surface area contributed by atoms with Crippen LogP contribution in [0.3, 0.4) is 0 Å². The highest BCUT2D eigenvalue weighted by Crippen LogP contribution is 2.20. The minimum Gasteiger partial charge on any atom is -0.345 e. The highest BCUT2D eigenvalue weighted by atomic mass is 16.2. The monoisotopic (exact) mass is 352 g/mol. The van der Waals surface area contributed by atoms with E-state index in [4.69, 9.17) is 0 Å². The van der Waals surface area contributed by atoms with Gasteiger partial charge in [0, 0.05) is 65.7 Å². The molecule has 2 aliphatic rings. The Kier molecular flexibility index (Phi) is 7.69. The summed E-state index contributed by atoms with van der Waals surface area (Å²) in [6.07, 6.45) is 3.03. The molecule has 2 fully saturated rings. The van der Waals surface area contributed by atoms with E-state index in [0.29, 0.717) is 19.0 Å². The summed E-state index contributed by atoms with van der Waals surface area (Å²) in [6, 6.07) is 0.664. The zero-order valence-corrected chi connectivity index (χ0v) is 16.5. The van der Waals surface area contributed by atoms with Gasteiger partial charge in [0.1, 0.15) is 0 Å². The highest BCUT2D eigenvalue weighted by molar-refractivity contribution is 5.78. The summed E-state index contributed by atoms with van der Waals surface area (Å²) >= 11 is 0. The second kappa shape index (κ2) is 9.53. The Balaban J connectivity index is 1.64. The molecule has 2 saturated heterocycles. The fourth-order valence-electron chi connectivity index (χ4n) is 3.78. The summed E-state index contributed by atoms with van der Waals surface area (Å²) in [5.74, 6) is 1.00. The SMILES string of the molecule is CC(=O)N(C)CCC(=O)N1CCN(CC2CCN(C(C)C)CC2)CC1. The van der Waals surface area contributed by atoms with Gasteiger partial charge in [-0.3, -0.25) is 14.5 Å². The summed E-state index contributed by atoms with van der Waals surface area (Å²) in [5.41, 5.74) is 0. The van der Waals surface area contributed by atoms with Crippen LogP contribution in [0.15, 0.2) is 0 Å². The summed E-state index contributed by atoms with van der Waals surface area (Å²) < 4.78 is 0. The molecule has 25 heavy (non-hydrogen) atoms. The Hall–Kier alpha value is -1.14. The van der Waals surface area contributed by atoms with E-state index in [9.17, 15) is 9.59 Å². The van der Waals surface area contributed by atoms with Crippen LogP contribution >= 0.6 is 0 Å². The molecule has 0 aromatic heterocycles. The van der Waals surface area contributed by atoms with Gasteiger partial charge in [0.2, 0.25) is 11.8 Å². The lowest BCUT2D eigenvalue weighted by Crippen LogP contribution is -2.51. The van der Waals surface area contributed by atoms with Crippen molar-refractivity contribution < 1.29 is 9.59 Å². The third-order valence-corrected chi connectivity index (χ3v) is 5.82. The fraction of sp³-hybridized carbons (Fsp3) is 0.895. The summed E-state index contributed by atoms with van der Waals surface area (Å²) in [4.78, 5) is 32.2. The maximum Gasteiger partial charge on any atom is 0.224 e. The van der Waals surface area contributed by atoms with Crippen LogP contribution in [0.25, 0.3) is 0 Å². The molecule has 0 aromatic rings. The third kappa shape index (κ3) is 6.26. The van der Waals surface area contributed by atoms with Crippen molar-refractivity contribution in [2.24, 2.45) is 5.92 Å². The van der Waals surface area contributed by atoms with Crippen molar-refractivity contribution in [3.05, 3.63) is 0 Å². The van der Waals surface area contributed by atoms with E-state index in [0.717, 1.165) is 32.1 Å². The summed E-state index contributed by atoms with van der Waals surface area (Å²) in [5, 5.41) is 0. The second-order valence-electron chi connectivity index (χ2n) is 7.95. The molecular formula is C19H36N4O2. The van der Waals surface area contributed by atoms with Crippen molar-refractivity contribution in [2.75, 3.05) is 59.4 Å². The summed E-state index contributed by atoms with van der Waals surface area (Å²) in [7, 11) is 1.75. The van der Waals surface area contributed by atoms with Gasteiger partial charge in [0.15, 0.2) is 0 Å². The maximum atomic E-state index is 12.3. The zero-order chi connectivity index (χ0) is 18.4. The first-order valence-corrected chi connectivity index (χ1v) is 9.82. The molecule has 0 radical (unpaired) electrons. The Morgan fingerprint density at radius 2 is 1.64 bits per heavy atom. The predicted molar refractivity (Wildman–Crippen MR) is 100 cm³/mol. The van der Waals surface area contributed by atoms with Gasteiger partial charge in [-0.05, 0) is 45.7 Å². The Morgan fingerprint density at radius 1 is 1.04 bits per heavy atom. The molecule has 0 aliphatic carbocycles. The predicted octanol–water partition coefficient (Wildman–Crippen LogP) is 1.12. The molecule has 2 amide bonds. The van der Waals surface area contributed by atoms with Gasteiger partial charge in [0.25, 0.3) is 0 Å². The van der Waals surface area contributed by atoms with Crippen molar-refractivity contribution in [2.45, 2.75) is 46.1 Å². The van der Waals surface area contributed by atoms with Crippen LogP contribution < -0.4 is 0 Å². The van der Waals surface area contributed by atoms with Gasteiger partial charge in [0.05, 0.1) is 0 Å². The Labute approximate surface area is 153 Å². The number of nitrogens with zero attached hydrogens (tertiary/aromatic N) is 4. The number of piperazine rings is 1. The minimum atomic E-state index is 0.0149. The lowest BCUT2D eigenvalue weighted by atomic mass is 9.95. The molecule has 0 aromatic carbocycles. The van der Waals surface area contributed by atoms with Crippen LogP contribution in [0, 0.1) is 5.92 Å². The fourth-order valence-corrected chi connectivity index (χ4v) is 3.78. The number of rotatable bonds is 6. The van der Waals surface area contributed by atoms with Crippen LogP contribution in [-0.2, 0) is 9.59 Å². The standard InChI is InChI=1S/C19H36N4O2/c1-16(2)22-9-5-18(6-10-22)15-21-11-13-23(14-12-21)19(25)7-8-20(4)17(3)24/h16,18H,5-15H2,1-4H3. The molecule has 6 heteroatoms. The van der Waals surface area contributed by atoms with Crippen molar-refractivity contribution in [3.63, 3.8) is 0 Å². The van der Waals surface area contributed by atoms with Crippen LogP contribution in [0.1, 0.15) is 40.0 Å². The third-order valence-electron chi connectivity index (χ3n) is 5.82. The molecule has 0 unspecified atom stereocenters. The molecule has 0 bridgehead atoms. The number of hydrogen-bond acceptors (Lipinski definition) is 4. The highest BCUT2D eigenvalue weighted by Gasteiger charge is 2.26. The van der Waals surface area contributed by atoms with Gasteiger partial charge in [-0.15, -0.1) is 0 Å². The molecule has 0 atom stereocenters. The largest absolute Gasteiger partial charge is 0.345 e. The molecule has 0 saturated carbocycles. The van der Waals surface area contributed by atoms with Crippen molar-refractivity contribution in [1.82, 2.24) is 19.6 Å². The van der Waals surface area contributed by atoms with Gasteiger partial charge >= 0.3 is 0 Å². The van der Waals surface area contributed by atoms with Crippen LogP contribution in [0.5, 0.6) is 0 Å². The first-order valence-electron chi connectivity index (χ1n) is 9.82. The first kappa shape index (κ1) is 20.2. The zero-order valence-electron chi connectivity index (χ0n) is 16.5. The molecule has 2 rings (SSSR count). The van der Waals surface area contributed by atoms with E-state index in [1.165, 1.54) is 39.4 Å². The second-order valence-corrected chi connectivity index (χ2v) is 7.95. The number of amides is 2. The van der Waals surface area contributed by atoms with Gasteiger partial charge in [-0.25, -0.2) is 0 Å². The smallest absolute Gasteiger partial charge is 0.224 e. The Bertz CT molecular complexity index is 439. The molecule has 2 aliphatic heterocycles. The maximum absolute atomic E-state index is 12.3. The summed E-state index contributed by atoms with van der Waals surface area (Å²) in [6.45, 7) is 13.9. The van der Waals surface area contributed by atoms with Crippen molar-refractivity contribution in [3.8, 4) is 0 Å². The number of carbonyl (C=O) groups is 2. The average molecular weight is 353 g/mol. The van der Waals surface area contributed by atoms with Gasteiger partial charge in [-0.1, -0.05) is 0 Å². The quantitative estimate of drug-likeness (QED) is 0.719. The molecule has 144 valence electrons. The lowest BCUT2D eigenvalue weighted by Gasteiger charge is -2.39. The molecule has 6 nitrogen and oxygen atoms in total. The Morgan fingerprint density at radius 3 is 2.16 bits per heavy atom. The number of hydrogen-bond donors (Lipinski definition) is 0. The van der Waals surface area contributed by atoms with Crippen LogP contribution in [0.2, 0.25) is 0 Å².